The normalized spacial score (nSPS) is 11.2. The Morgan fingerprint density at radius 1 is 0.700 bits per heavy atom. The molecule has 0 heterocycles. The van der Waals surface area contributed by atoms with Gasteiger partial charge in [-0.3, -0.25) is 9.59 Å². The van der Waals surface area contributed by atoms with E-state index in [1.165, 1.54) is 12.4 Å². The lowest BCUT2D eigenvalue weighted by Gasteiger charge is -2.13. The number of amides is 2. The number of nitrogens with one attached hydrogen (secondary N) is 2. The fraction of sp³-hybridized carbons (Fsp3) is 0.312. The maximum absolute atomic E-state index is 13.0. The molecule has 3 aromatic carbocycles. The molecular formula is C32H38N4O4. The zero-order chi connectivity index (χ0) is 28.4. The van der Waals surface area contributed by atoms with Crippen LogP contribution in [0.5, 0.6) is 11.5 Å². The standard InChI is InChI=1S/C32H38N4O4/c1-3-5-20-39-28-16-12-26(13-17-28)23-33-35-31(37)30(22-25-10-8-7-9-11-25)32(38)36-34-24-27-14-18-29(19-15-27)40-21-6-4-2/h7-19,23-24,30H,3-6,20-22H2,1-2H3,(H,35,37)(H,36,38)/b33-23-,34-24-. The fourth-order valence-corrected chi connectivity index (χ4v) is 3.62. The fourth-order valence-electron chi connectivity index (χ4n) is 3.62. The van der Waals surface area contributed by atoms with Gasteiger partial charge in [0.15, 0.2) is 0 Å². The van der Waals surface area contributed by atoms with Crippen LogP contribution in [0.15, 0.2) is 89.1 Å². The molecule has 3 rings (SSSR count). The van der Waals surface area contributed by atoms with Gasteiger partial charge in [0.25, 0.3) is 11.8 Å². The molecule has 0 saturated heterocycles. The van der Waals surface area contributed by atoms with Crippen LogP contribution in [0.2, 0.25) is 0 Å². The number of carbonyl (C=O) groups is 2. The van der Waals surface area contributed by atoms with Crippen LogP contribution in [-0.4, -0.2) is 37.5 Å². The minimum absolute atomic E-state index is 0.205. The first kappa shape index (κ1) is 30.1. The number of ether oxygens (including phenoxy) is 2. The molecule has 0 atom stereocenters. The van der Waals surface area contributed by atoms with Crippen molar-refractivity contribution >= 4 is 24.2 Å². The molecule has 0 aliphatic rings. The zero-order valence-electron chi connectivity index (χ0n) is 23.2. The van der Waals surface area contributed by atoms with Crippen molar-refractivity contribution in [3.05, 3.63) is 95.6 Å². The van der Waals surface area contributed by atoms with Gasteiger partial charge in [-0.15, -0.1) is 0 Å². The van der Waals surface area contributed by atoms with E-state index in [0.717, 1.165) is 53.9 Å². The number of rotatable bonds is 16. The van der Waals surface area contributed by atoms with Crippen LogP contribution in [-0.2, 0) is 16.0 Å². The van der Waals surface area contributed by atoms with E-state index in [1.807, 2.05) is 78.9 Å². The summed E-state index contributed by atoms with van der Waals surface area (Å²) in [5.74, 6) is -0.515. The number of hydrogen-bond donors (Lipinski definition) is 2. The number of benzene rings is 3. The van der Waals surface area contributed by atoms with Crippen LogP contribution >= 0.6 is 0 Å². The smallest absolute Gasteiger partial charge is 0.253 e. The highest BCUT2D eigenvalue weighted by Gasteiger charge is 2.26. The Morgan fingerprint density at radius 3 is 1.57 bits per heavy atom. The third kappa shape index (κ3) is 10.7. The predicted octanol–water partition coefficient (Wildman–Crippen LogP) is 5.50. The lowest BCUT2D eigenvalue weighted by molar-refractivity contribution is -0.135. The van der Waals surface area contributed by atoms with E-state index in [0.29, 0.717) is 13.2 Å². The van der Waals surface area contributed by atoms with Gasteiger partial charge < -0.3 is 9.47 Å². The Kier molecular flexibility index (Phi) is 12.9. The molecule has 0 bridgehead atoms. The van der Waals surface area contributed by atoms with Crippen LogP contribution in [0.4, 0.5) is 0 Å². The summed E-state index contributed by atoms with van der Waals surface area (Å²) >= 11 is 0. The van der Waals surface area contributed by atoms with Gasteiger partial charge in [-0.05, 0) is 84.5 Å². The van der Waals surface area contributed by atoms with E-state index in [-0.39, 0.29) is 6.42 Å². The molecule has 0 aliphatic carbocycles. The van der Waals surface area contributed by atoms with Gasteiger partial charge in [0, 0.05) is 0 Å². The van der Waals surface area contributed by atoms with Crippen molar-refractivity contribution in [2.24, 2.45) is 16.1 Å². The number of nitrogens with zero attached hydrogens (tertiary/aromatic N) is 2. The summed E-state index contributed by atoms with van der Waals surface area (Å²) in [7, 11) is 0. The lowest BCUT2D eigenvalue weighted by atomic mass is 9.98. The SMILES string of the molecule is CCCCOc1ccc(/C=N\NC(=O)C(Cc2ccccc2)C(=O)N/N=C\c2ccc(OCCCC)cc2)cc1. The van der Waals surface area contributed by atoms with Gasteiger partial charge in [-0.25, -0.2) is 10.9 Å². The van der Waals surface area contributed by atoms with Crippen LogP contribution < -0.4 is 20.3 Å². The van der Waals surface area contributed by atoms with E-state index in [4.69, 9.17) is 9.47 Å². The van der Waals surface area contributed by atoms with Crippen molar-refractivity contribution < 1.29 is 19.1 Å². The second-order valence-corrected chi connectivity index (χ2v) is 9.25. The lowest BCUT2D eigenvalue weighted by Crippen LogP contribution is -2.39. The molecule has 40 heavy (non-hydrogen) atoms. The van der Waals surface area contributed by atoms with Gasteiger partial charge in [0.1, 0.15) is 17.4 Å². The summed E-state index contributed by atoms with van der Waals surface area (Å²) in [5.41, 5.74) is 7.42. The average molecular weight is 543 g/mol. The summed E-state index contributed by atoms with van der Waals surface area (Å²) in [6.45, 7) is 5.58. The first-order valence-electron chi connectivity index (χ1n) is 13.7. The van der Waals surface area contributed by atoms with Crippen molar-refractivity contribution in [1.29, 1.82) is 0 Å². The van der Waals surface area contributed by atoms with Crippen LogP contribution in [0, 0.1) is 5.92 Å². The van der Waals surface area contributed by atoms with Crippen LogP contribution in [0.25, 0.3) is 0 Å². The molecular weight excluding hydrogens is 504 g/mol. The molecule has 8 heteroatoms. The second kappa shape index (κ2) is 17.2. The van der Waals surface area contributed by atoms with Crippen molar-refractivity contribution in [1.82, 2.24) is 10.9 Å². The quantitative estimate of drug-likeness (QED) is 0.108. The van der Waals surface area contributed by atoms with Gasteiger partial charge >= 0.3 is 0 Å². The Morgan fingerprint density at radius 2 is 1.15 bits per heavy atom. The summed E-state index contributed by atoms with van der Waals surface area (Å²) < 4.78 is 11.3. The molecule has 210 valence electrons. The molecule has 8 nitrogen and oxygen atoms in total. The highest BCUT2D eigenvalue weighted by Crippen LogP contribution is 2.13. The highest BCUT2D eigenvalue weighted by atomic mass is 16.5. The molecule has 2 amide bonds. The zero-order valence-corrected chi connectivity index (χ0v) is 23.2. The van der Waals surface area contributed by atoms with E-state index < -0.39 is 17.7 Å². The molecule has 0 radical (unpaired) electrons. The molecule has 0 spiro atoms. The number of unbranched alkanes of at least 4 members (excludes halogenated alkanes) is 2. The second-order valence-electron chi connectivity index (χ2n) is 9.25. The number of hydrogen-bond acceptors (Lipinski definition) is 6. The Labute approximate surface area is 236 Å². The first-order chi connectivity index (χ1) is 19.6. The van der Waals surface area contributed by atoms with E-state index >= 15 is 0 Å². The monoisotopic (exact) mass is 542 g/mol. The minimum atomic E-state index is -1.03. The highest BCUT2D eigenvalue weighted by molar-refractivity contribution is 6.01. The number of carbonyl (C=O) groups excluding carboxylic acids is 2. The largest absolute Gasteiger partial charge is 0.494 e. The molecule has 0 aromatic heterocycles. The average Bonchev–Trinajstić information content (AvgIpc) is 2.98. The Balaban J connectivity index is 1.58. The molecule has 0 unspecified atom stereocenters. The Hall–Kier alpha value is -4.46. The maximum atomic E-state index is 13.0. The van der Waals surface area contributed by atoms with Gasteiger partial charge in [0.2, 0.25) is 0 Å². The predicted molar refractivity (Wildman–Crippen MR) is 159 cm³/mol. The van der Waals surface area contributed by atoms with Crippen molar-refractivity contribution in [2.75, 3.05) is 13.2 Å². The van der Waals surface area contributed by atoms with Gasteiger partial charge in [-0.2, -0.15) is 10.2 Å². The van der Waals surface area contributed by atoms with Crippen molar-refractivity contribution in [3.8, 4) is 11.5 Å². The van der Waals surface area contributed by atoms with E-state index in [9.17, 15) is 9.59 Å². The van der Waals surface area contributed by atoms with Crippen molar-refractivity contribution in [2.45, 2.75) is 46.0 Å². The molecule has 0 aliphatic heterocycles. The first-order valence-corrected chi connectivity index (χ1v) is 13.7. The summed E-state index contributed by atoms with van der Waals surface area (Å²) in [6.07, 6.45) is 7.40. The van der Waals surface area contributed by atoms with E-state index in [2.05, 4.69) is 34.9 Å². The minimum Gasteiger partial charge on any atom is -0.494 e. The summed E-state index contributed by atoms with van der Waals surface area (Å²) in [4.78, 5) is 26.0. The topological polar surface area (TPSA) is 101 Å². The maximum Gasteiger partial charge on any atom is 0.253 e. The summed E-state index contributed by atoms with van der Waals surface area (Å²) in [5, 5.41) is 8.12. The molecule has 0 fully saturated rings. The molecule has 2 N–H and O–H groups in total. The van der Waals surface area contributed by atoms with Crippen LogP contribution in [0.3, 0.4) is 0 Å². The molecule has 3 aromatic rings. The third-order valence-corrected chi connectivity index (χ3v) is 5.99. The Bertz CT molecular complexity index is 1150. The van der Waals surface area contributed by atoms with Crippen LogP contribution in [0.1, 0.15) is 56.2 Å². The number of hydrazone groups is 2. The third-order valence-electron chi connectivity index (χ3n) is 5.99. The summed E-state index contributed by atoms with van der Waals surface area (Å²) in [6, 6.07) is 24.2. The van der Waals surface area contributed by atoms with E-state index in [1.54, 1.807) is 0 Å². The molecule has 0 saturated carbocycles. The van der Waals surface area contributed by atoms with Gasteiger partial charge in [0.05, 0.1) is 25.6 Å². The van der Waals surface area contributed by atoms with Crippen molar-refractivity contribution in [3.63, 3.8) is 0 Å². The van der Waals surface area contributed by atoms with Gasteiger partial charge in [-0.1, -0.05) is 57.0 Å².